The second-order valence-electron chi connectivity index (χ2n) is 3.24. The Morgan fingerprint density at radius 2 is 1.90 bits per heavy atom. The van der Waals surface area contributed by atoms with Gasteiger partial charge in [-0.2, -0.15) is 0 Å². The van der Waals surface area contributed by atoms with Crippen LogP contribution in [0.25, 0.3) is 0 Å². The van der Waals surface area contributed by atoms with Crippen LogP contribution in [0.4, 0.5) is 0 Å². The third-order valence-corrected chi connectivity index (χ3v) is 1.64. The van der Waals surface area contributed by atoms with E-state index in [0.717, 1.165) is 12.5 Å². The predicted molar refractivity (Wildman–Crippen MR) is 47.2 cm³/mol. The Kier molecular flexibility index (Phi) is 7.04. The van der Waals surface area contributed by atoms with Crippen LogP contribution in [0.3, 0.4) is 0 Å². The molecule has 0 fully saturated rings. The Morgan fingerprint density at radius 3 is 2.40 bits per heavy atom. The van der Waals surface area contributed by atoms with Gasteiger partial charge in [0.25, 0.3) is 0 Å². The van der Waals surface area contributed by atoms with E-state index in [1.54, 1.807) is 0 Å². The maximum absolute atomic E-state index is 3.32. The first-order valence-electron chi connectivity index (χ1n) is 4.48. The highest BCUT2D eigenvalue weighted by Crippen LogP contribution is 2.04. The van der Waals surface area contributed by atoms with E-state index >= 15 is 0 Å². The van der Waals surface area contributed by atoms with E-state index in [-0.39, 0.29) is 0 Å². The minimum atomic E-state index is 0.877. The van der Waals surface area contributed by atoms with Gasteiger partial charge in [0.15, 0.2) is 0 Å². The van der Waals surface area contributed by atoms with Crippen LogP contribution >= 0.6 is 0 Å². The van der Waals surface area contributed by atoms with Crippen LogP contribution < -0.4 is 5.32 Å². The highest BCUT2D eigenvalue weighted by Gasteiger charge is 1.92. The molecule has 0 amide bonds. The molecule has 0 radical (unpaired) electrons. The molecule has 0 aromatic heterocycles. The van der Waals surface area contributed by atoms with Crippen molar-refractivity contribution in [3.05, 3.63) is 0 Å². The molecule has 0 atom stereocenters. The fourth-order valence-corrected chi connectivity index (χ4v) is 0.979. The van der Waals surface area contributed by atoms with Crippen molar-refractivity contribution in [3.8, 4) is 0 Å². The van der Waals surface area contributed by atoms with Crippen LogP contribution in [-0.4, -0.2) is 13.1 Å². The molecule has 0 aromatic rings. The standard InChI is InChI=1S/C9H21N/c1-4-10-8-6-5-7-9(2)3/h9-10H,4-8H2,1-3H3. The summed E-state index contributed by atoms with van der Waals surface area (Å²) in [5.74, 6) is 0.877. The Balaban J connectivity index is 2.77. The first-order chi connectivity index (χ1) is 4.77. The SMILES string of the molecule is CCNCCCCC(C)C. The average Bonchev–Trinajstić information content (AvgIpc) is 1.87. The third-order valence-electron chi connectivity index (χ3n) is 1.64. The fraction of sp³-hybridized carbons (Fsp3) is 1.00. The summed E-state index contributed by atoms with van der Waals surface area (Å²) in [5.41, 5.74) is 0. The van der Waals surface area contributed by atoms with E-state index in [1.807, 2.05) is 0 Å². The van der Waals surface area contributed by atoms with Gasteiger partial charge in [-0.05, 0) is 25.4 Å². The summed E-state index contributed by atoms with van der Waals surface area (Å²) in [7, 11) is 0. The van der Waals surface area contributed by atoms with Crippen LogP contribution in [0.15, 0.2) is 0 Å². The molecule has 0 aliphatic carbocycles. The molecule has 0 aromatic carbocycles. The first kappa shape index (κ1) is 9.96. The zero-order valence-electron chi connectivity index (χ0n) is 7.61. The van der Waals surface area contributed by atoms with Crippen molar-refractivity contribution in [2.24, 2.45) is 5.92 Å². The lowest BCUT2D eigenvalue weighted by atomic mass is 10.1. The second kappa shape index (κ2) is 7.07. The second-order valence-corrected chi connectivity index (χ2v) is 3.24. The summed E-state index contributed by atoms with van der Waals surface area (Å²) in [6.45, 7) is 9.04. The summed E-state index contributed by atoms with van der Waals surface area (Å²) < 4.78 is 0. The van der Waals surface area contributed by atoms with Crippen LogP contribution in [0.5, 0.6) is 0 Å². The largest absolute Gasteiger partial charge is 0.317 e. The van der Waals surface area contributed by atoms with Gasteiger partial charge >= 0.3 is 0 Å². The zero-order chi connectivity index (χ0) is 7.82. The fourth-order valence-electron chi connectivity index (χ4n) is 0.979. The lowest BCUT2D eigenvalue weighted by molar-refractivity contribution is 0.524. The van der Waals surface area contributed by atoms with Gasteiger partial charge in [-0.25, -0.2) is 0 Å². The van der Waals surface area contributed by atoms with E-state index in [4.69, 9.17) is 0 Å². The monoisotopic (exact) mass is 143 g/mol. The molecule has 1 nitrogen and oxygen atoms in total. The highest BCUT2D eigenvalue weighted by atomic mass is 14.8. The Bertz CT molecular complexity index is 59.7. The lowest BCUT2D eigenvalue weighted by Gasteiger charge is -2.03. The Morgan fingerprint density at radius 1 is 1.20 bits per heavy atom. The van der Waals surface area contributed by atoms with Gasteiger partial charge in [0.1, 0.15) is 0 Å². The zero-order valence-corrected chi connectivity index (χ0v) is 7.61. The van der Waals surface area contributed by atoms with Gasteiger partial charge in [0.05, 0.1) is 0 Å². The third kappa shape index (κ3) is 7.96. The van der Waals surface area contributed by atoms with Gasteiger partial charge < -0.3 is 5.32 Å². The van der Waals surface area contributed by atoms with Gasteiger partial charge in [0, 0.05) is 0 Å². The summed E-state index contributed by atoms with van der Waals surface area (Å²) in [6, 6.07) is 0. The van der Waals surface area contributed by atoms with Crippen LogP contribution in [0.2, 0.25) is 0 Å². The first-order valence-corrected chi connectivity index (χ1v) is 4.48. The Hall–Kier alpha value is -0.0400. The molecular weight excluding hydrogens is 122 g/mol. The van der Waals surface area contributed by atoms with Crippen molar-refractivity contribution in [1.82, 2.24) is 5.32 Å². The number of hydrogen-bond donors (Lipinski definition) is 1. The van der Waals surface area contributed by atoms with Crippen LogP contribution in [0, 0.1) is 5.92 Å². The van der Waals surface area contributed by atoms with Crippen LogP contribution in [0.1, 0.15) is 40.0 Å². The maximum Gasteiger partial charge on any atom is -0.00490 e. The molecule has 0 bridgehead atoms. The summed E-state index contributed by atoms with van der Waals surface area (Å²) >= 11 is 0. The molecule has 1 heteroatoms. The van der Waals surface area contributed by atoms with E-state index in [2.05, 4.69) is 26.1 Å². The van der Waals surface area contributed by atoms with Crippen molar-refractivity contribution in [2.75, 3.05) is 13.1 Å². The average molecular weight is 143 g/mol. The lowest BCUT2D eigenvalue weighted by Crippen LogP contribution is -2.13. The predicted octanol–water partition coefficient (Wildman–Crippen LogP) is 2.42. The molecule has 0 heterocycles. The van der Waals surface area contributed by atoms with Crippen molar-refractivity contribution in [2.45, 2.75) is 40.0 Å². The van der Waals surface area contributed by atoms with Gasteiger partial charge in [0.2, 0.25) is 0 Å². The topological polar surface area (TPSA) is 12.0 Å². The molecule has 10 heavy (non-hydrogen) atoms. The number of nitrogens with one attached hydrogen (secondary N) is 1. The van der Waals surface area contributed by atoms with E-state index < -0.39 is 0 Å². The molecule has 0 saturated carbocycles. The molecule has 1 N–H and O–H groups in total. The maximum atomic E-state index is 3.32. The smallest absolute Gasteiger partial charge is 0.00490 e. The molecule has 0 saturated heterocycles. The van der Waals surface area contributed by atoms with Gasteiger partial charge in [-0.3, -0.25) is 0 Å². The number of unbranched alkanes of at least 4 members (excludes halogenated alkanes) is 1. The summed E-state index contributed by atoms with van der Waals surface area (Å²) in [6.07, 6.45) is 4.10. The minimum absolute atomic E-state index is 0.877. The summed E-state index contributed by atoms with van der Waals surface area (Å²) in [5, 5.41) is 3.32. The molecule has 0 spiro atoms. The highest BCUT2D eigenvalue weighted by molar-refractivity contribution is 4.48. The molecular formula is C9H21N. The van der Waals surface area contributed by atoms with Crippen molar-refractivity contribution in [1.29, 1.82) is 0 Å². The van der Waals surface area contributed by atoms with Gasteiger partial charge in [-0.15, -0.1) is 0 Å². The van der Waals surface area contributed by atoms with Crippen molar-refractivity contribution in [3.63, 3.8) is 0 Å². The van der Waals surface area contributed by atoms with E-state index in [9.17, 15) is 0 Å². The molecule has 62 valence electrons. The number of rotatable bonds is 6. The molecule has 0 rings (SSSR count). The Labute approximate surface area is 65.2 Å². The van der Waals surface area contributed by atoms with E-state index in [0.29, 0.717) is 0 Å². The molecule has 0 unspecified atom stereocenters. The quantitative estimate of drug-likeness (QED) is 0.563. The molecule has 0 aliphatic heterocycles. The van der Waals surface area contributed by atoms with Crippen molar-refractivity contribution < 1.29 is 0 Å². The normalized spacial score (nSPS) is 10.8. The van der Waals surface area contributed by atoms with E-state index in [1.165, 1.54) is 25.8 Å². The summed E-state index contributed by atoms with van der Waals surface area (Å²) in [4.78, 5) is 0. The molecule has 0 aliphatic rings. The van der Waals surface area contributed by atoms with Crippen LogP contribution in [-0.2, 0) is 0 Å². The minimum Gasteiger partial charge on any atom is -0.317 e. The van der Waals surface area contributed by atoms with Gasteiger partial charge in [-0.1, -0.05) is 33.6 Å². The number of hydrogen-bond acceptors (Lipinski definition) is 1. The van der Waals surface area contributed by atoms with Crippen molar-refractivity contribution >= 4 is 0 Å².